The largest absolute Gasteiger partial charge is 0.494 e. The Kier molecular flexibility index (Phi) is 5.42. The van der Waals surface area contributed by atoms with Crippen molar-refractivity contribution < 1.29 is 9.13 Å². The van der Waals surface area contributed by atoms with Gasteiger partial charge in [-0.05, 0) is 43.5 Å². The second kappa shape index (κ2) is 6.60. The minimum absolute atomic E-state index is 0.256. The van der Waals surface area contributed by atoms with E-state index in [4.69, 9.17) is 4.74 Å². The number of hydrogen-bond acceptors (Lipinski definition) is 2. The third kappa shape index (κ3) is 4.00. The summed E-state index contributed by atoms with van der Waals surface area (Å²) in [6, 6.07) is 5.32. The van der Waals surface area contributed by atoms with E-state index in [1.54, 1.807) is 6.07 Å². The molecule has 1 atom stereocenters. The average molecular weight is 239 g/mol. The highest BCUT2D eigenvalue weighted by Crippen LogP contribution is 2.26. The van der Waals surface area contributed by atoms with Crippen LogP contribution in [-0.4, -0.2) is 14.2 Å². The van der Waals surface area contributed by atoms with Crippen molar-refractivity contribution in [3.8, 4) is 5.75 Å². The zero-order valence-electron chi connectivity index (χ0n) is 11.1. The van der Waals surface area contributed by atoms with Crippen LogP contribution in [0.15, 0.2) is 18.2 Å². The predicted molar refractivity (Wildman–Crippen MR) is 68.8 cm³/mol. The van der Waals surface area contributed by atoms with Crippen LogP contribution in [0.25, 0.3) is 0 Å². The number of benzene rings is 1. The predicted octanol–water partition coefficient (Wildman–Crippen LogP) is 3.53. The van der Waals surface area contributed by atoms with Gasteiger partial charge in [0.1, 0.15) is 0 Å². The standard InChI is InChI=1S/C14H22FNO/c1-10(2)5-8-13(16-3)11-6-7-12(15)14(9-11)17-4/h6-7,9-10,13,16H,5,8H2,1-4H3. The van der Waals surface area contributed by atoms with Crippen molar-refractivity contribution in [2.24, 2.45) is 5.92 Å². The number of rotatable bonds is 6. The smallest absolute Gasteiger partial charge is 0.165 e. The fourth-order valence-electron chi connectivity index (χ4n) is 1.87. The Bertz CT molecular complexity index is 352. The lowest BCUT2D eigenvalue weighted by atomic mass is 9.97. The van der Waals surface area contributed by atoms with Gasteiger partial charge in [0.05, 0.1) is 7.11 Å². The summed E-state index contributed by atoms with van der Waals surface area (Å²) in [6.07, 6.45) is 2.19. The molecule has 0 aliphatic heterocycles. The van der Waals surface area contributed by atoms with Crippen LogP contribution in [-0.2, 0) is 0 Å². The summed E-state index contributed by atoms with van der Waals surface area (Å²) in [5.41, 5.74) is 1.08. The minimum atomic E-state index is -0.310. The Balaban J connectivity index is 2.80. The lowest BCUT2D eigenvalue weighted by Gasteiger charge is -2.18. The van der Waals surface area contributed by atoms with Crippen molar-refractivity contribution in [2.75, 3.05) is 14.2 Å². The van der Waals surface area contributed by atoms with Gasteiger partial charge in [0.15, 0.2) is 11.6 Å². The maximum atomic E-state index is 13.3. The van der Waals surface area contributed by atoms with E-state index in [2.05, 4.69) is 19.2 Å². The Morgan fingerprint density at radius 1 is 1.29 bits per heavy atom. The van der Waals surface area contributed by atoms with Gasteiger partial charge in [-0.3, -0.25) is 0 Å². The molecule has 0 spiro atoms. The molecule has 0 aliphatic rings. The highest BCUT2D eigenvalue weighted by Gasteiger charge is 2.12. The van der Waals surface area contributed by atoms with Crippen molar-refractivity contribution >= 4 is 0 Å². The molecule has 1 unspecified atom stereocenters. The van der Waals surface area contributed by atoms with Gasteiger partial charge >= 0.3 is 0 Å². The molecule has 3 heteroatoms. The second-order valence-corrected chi connectivity index (χ2v) is 4.71. The Morgan fingerprint density at radius 2 is 2.00 bits per heavy atom. The number of hydrogen-bond donors (Lipinski definition) is 1. The monoisotopic (exact) mass is 239 g/mol. The summed E-state index contributed by atoms with van der Waals surface area (Å²) in [6.45, 7) is 4.41. The van der Waals surface area contributed by atoms with Crippen LogP contribution in [0.3, 0.4) is 0 Å². The lowest BCUT2D eigenvalue weighted by Crippen LogP contribution is -2.17. The molecule has 0 bridgehead atoms. The Morgan fingerprint density at radius 3 is 2.53 bits per heavy atom. The van der Waals surface area contributed by atoms with Gasteiger partial charge in [0, 0.05) is 6.04 Å². The van der Waals surface area contributed by atoms with Gasteiger partial charge < -0.3 is 10.1 Å². The fourth-order valence-corrected chi connectivity index (χ4v) is 1.87. The third-order valence-electron chi connectivity index (χ3n) is 2.96. The first kappa shape index (κ1) is 14.0. The first-order chi connectivity index (χ1) is 8.08. The summed E-state index contributed by atoms with van der Waals surface area (Å²) >= 11 is 0. The Labute approximate surface area is 103 Å². The maximum Gasteiger partial charge on any atom is 0.165 e. The quantitative estimate of drug-likeness (QED) is 0.820. The van der Waals surface area contributed by atoms with E-state index in [1.165, 1.54) is 13.2 Å². The zero-order valence-corrected chi connectivity index (χ0v) is 11.1. The average Bonchev–Trinajstić information content (AvgIpc) is 2.31. The van der Waals surface area contributed by atoms with Crippen molar-refractivity contribution in [1.29, 1.82) is 0 Å². The summed E-state index contributed by atoms with van der Waals surface area (Å²) in [4.78, 5) is 0. The van der Waals surface area contributed by atoms with Gasteiger partial charge in [-0.15, -0.1) is 0 Å². The van der Waals surface area contributed by atoms with E-state index in [0.717, 1.165) is 18.4 Å². The van der Waals surface area contributed by atoms with Crippen molar-refractivity contribution in [3.63, 3.8) is 0 Å². The molecule has 0 saturated carbocycles. The molecular weight excluding hydrogens is 217 g/mol. The van der Waals surface area contributed by atoms with Crippen LogP contribution in [0.2, 0.25) is 0 Å². The number of halogens is 1. The van der Waals surface area contributed by atoms with Crippen molar-refractivity contribution in [2.45, 2.75) is 32.7 Å². The molecule has 1 N–H and O–H groups in total. The molecule has 0 aromatic heterocycles. The van der Waals surface area contributed by atoms with Gasteiger partial charge in [-0.1, -0.05) is 19.9 Å². The summed E-state index contributed by atoms with van der Waals surface area (Å²) < 4.78 is 18.3. The summed E-state index contributed by atoms with van der Waals surface area (Å²) in [5.74, 6) is 0.676. The molecule has 96 valence electrons. The second-order valence-electron chi connectivity index (χ2n) is 4.71. The third-order valence-corrected chi connectivity index (χ3v) is 2.96. The molecule has 17 heavy (non-hydrogen) atoms. The van der Waals surface area contributed by atoms with E-state index in [-0.39, 0.29) is 11.9 Å². The number of nitrogens with one attached hydrogen (secondary N) is 1. The normalized spacial score (nSPS) is 12.8. The first-order valence-corrected chi connectivity index (χ1v) is 6.09. The van der Waals surface area contributed by atoms with E-state index < -0.39 is 0 Å². The molecule has 0 fully saturated rings. The molecule has 1 aromatic rings. The SMILES string of the molecule is CNC(CCC(C)C)c1ccc(F)c(OC)c1. The molecule has 0 saturated heterocycles. The number of ether oxygens (including phenoxy) is 1. The van der Waals surface area contributed by atoms with Crippen LogP contribution in [0.4, 0.5) is 4.39 Å². The number of methoxy groups -OCH3 is 1. The van der Waals surface area contributed by atoms with Crippen molar-refractivity contribution in [3.05, 3.63) is 29.6 Å². The van der Waals surface area contributed by atoms with Crippen LogP contribution in [0.5, 0.6) is 5.75 Å². The van der Waals surface area contributed by atoms with E-state index in [1.807, 2.05) is 13.1 Å². The molecule has 1 rings (SSSR count). The highest BCUT2D eigenvalue weighted by atomic mass is 19.1. The van der Waals surface area contributed by atoms with Crippen LogP contribution < -0.4 is 10.1 Å². The highest BCUT2D eigenvalue weighted by molar-refractivity contribution is 5.32. The molecule has 0 radical (unpaired) electrons. The van der Waals surface area contributed by atoms with Gasteiger partial charge in [-0.2, -0.15) is 0 Å². The lowest BCUT2D eigenvalue weighted by molar-refractivity contribution is 0.384. The first-order valence-electron chi connectivity index (χ1n) is 6.09. The van der Waals surface area contributed by atoms with E-state index in [0.29, 0.717) is 11.7 Å². The molecule has 0 aliphatic carbocycles. The van der Waals surface area contributed by atoms with E-state index >= 15 is 0 Å². The summed E-state index contributed by atoms with van der Waals surface area (Å²) in [5, 5.41) is 3.27. The van der Waals surface area contributed by atoms with Crippen molar-refractivity contribution in [1.82, 2.24) is 5.32 Å². The molecule has 2 nitrogen and oxygen atoms in total. The molecule has 0 amide bonds. The molecule has 0 heterocycles. The zero-order chi connectivity index (χ0) is 12.8. The fraction of sp³-hybridized carbons (Fsp3) is 0.571. The van der Waals surface area contributed by atoms with Gasteiger partial charge in [-0.25, -0.2) is 4.39 Å². The van der Waals surface area contributed by atoms with Crippen LogP contribution in [0.1, 0.15) is 38.3 Å². The molecular formula is C14H22FNO. The maximum absolute atomic E-state index is 13.3. The summed E-state index contributed by atoms with van der Waals surface area (Å²) in [7, 11) is 3.42. The Hall–Kier alpha value is -1.09. The van der Waals surface area contributed by atoms with E-state index in [9.17, 15) is 4.39 Å². The topological polar surface area (TPSA) is 21.3 Å². The van der Waals surface area contributed by atoms with Crippen LogP contribution >= 0.6 is 0 Å². The minimum Gasteiger partial charge on any atom is -0.494 e. The van der Waals surface area contributed by atoms with Gasteiger partial charge in [0.2, 0.25) is 0 Å². The van der Waals surface area contributed by atoms with Crippen LogP contribution in [0, 0.1) is 11.7 Å². The molecule has 1 aromatic carbocycles. The van der Waals surface area contributed by atoms with Gasteiger partial charge in [0.25, 0.3) is 0 Å².